The first-order chi connectivity index (χ1) is 26.7. The second-order valence-corrected chi connectivity index (χ2v) is 14.5. The molecule has 2 amide bonds. The highest BCUT2D eigenvalue weighted by atomic mass is 32.2. The number of thioether (sulfide) groups is 1. The maximum atomic E-state index is 12.6. The van der Waals surface area contributed by atoms with E-state index in [1.807, 2.05) is 97.1 Å². The number of aromatic carboxylic acids is 1. The highest BCUT2D eigenvalue weighted by molar-refractivity contribution is 7.99. The summed E-state index contributed by atoms with van der Waals surface area (Å²) in [6, 6.07) is 37.8. The first-order valence-electron chi connectivity index (χ1n) is 18.3. The lowest BCUT2D eigenvalue weighted by Gasteiger charge is -2.36. The van der Waals surface area contributed by atoms with Crippen LogP contribution in [0.5, 0.6) is 0 Å². The van der Waals surface area contributed by atoms with Crippen LogP contribution in [0.25, 0.3) is 11.1 Å². The number of nitrogen functional groups attached to an aromatic ring is 1. The second kappa shape index (κ2) is 19.2. The molecular weight excluding hydrogens is 715 g/mol. The predicted octanol–water partition coefficient (Wildman–Crippen LogP) is 8.28. The van der Waals surface area contributed by atoms with Crippen molar-refractivity contribution in [2.24, 2.45) is 0 Å². The van der Waals surface area contributed by atoms with Crippen molar-refractivity contribution in [2.45, 2.75) is 68.6 Å². The number of carboxylic acids is 1. The number of benzene rings is 5. The van der Waals surface area contributed by atoms with Crippen molar-refractivity contribution in [1.29, 1.82) is 0 Å². The van der Waals surface area contributed by atoms with Gasteiger partial charge >= 0.3 is 5.97 Å². The zero-order valence-corrected chi connectivity index (χ0v) is 31.2. The molecule has 284 valence electrons. The number of para-hydroxylation sites is 2. The quantitative estimate of drug-likeness (QED) is 0.0379. The fraction of sp³-hybridized carbons (Fsp3) is 0.250. The predicted molar refractivity (Wildman–Crippen MR) is 214 cm³/mol. The topological polar surface area (TPSA) is 160 Å². The summed E-state index contributed by atoms with van der Waals surface area (Å²) in [7, 11) is 0. The minimum atomic E-state index is -0.969. The summed E-state index contributed by atoms with van der Waals surface area (Å²) in [5.74, 6) is -0.649. The van der Waals surface area contributed by atoms with Gasteiger partial charge in [0.1, 0.15) is 0 Å². The van der Waals surface area contributed by atoms with Gasteiger partial charge in [-0.05, 0) is 77.1 Å². The van der Waals surface area contributed by atoms with Gasteiger partial charge in [-0.25, -0.2) is 4.79 Å². The van der Waals surface area contributed by atoms with Crippen LogP contribution in [0, 0.1) is 0 Å². The lowest BCUT2D eigenvalue weighted by Crippen LogP contribution is -2.31. The highest BCUT2D eigenvalue weighted by Crippen LogP contribution is 2.40. The van der Waals surface area contributed by atoms with E-state index in [1.54, 1.807) is 24.3 Å². The van der Waals surface area contributed by atoms with Crippen LogP contribution >= 0.6 is 11.8 Å². The van der Waals surface area contributed by atoms with Gasteiger partial charge in [0.25, 0.3) is 0 Å². The van der Waals surface area contributed by atoms with E-state index in [2.05, 4.69) is 10.6 Å². The lowest BCUT2D eigenvalue weighted by atomic mass is 9.99. The van der Waals surface area contributed by atoms with Crippen molar-refractivity contribution < 1.29 is 34.1 Å². The van der Waals surface area contributed by atoms with E-state index in [0.29, 0.717) is 60.7 Å². The van der Waals surface area contributed by atoms with E-state index in [1.165, 1.54) is 11.8 Å². The molecule has 10 nitrogen and oxygen atoms in total. The monoisotopic (exact) mass is 759 g/mol. The van der Waals surface area contributed by atoms with Crippen LogP contribution < -0.4 is 16.4 Å². The Balaban J connectivity index is 1.07. The molecule has 6 N–H and O–H groups in total. The summed E-state index contributed by atoms with van der Waals surface area (Å²) in [4.78, 5) is 37.4. The van der Waals surface area contributed by atoms with Crippen molar-refractivity contribution in [3.05, 3.63) is 149 Å². The number of aliphatic hydroxyl groups excluding tert-OH is 1. The zero-order valence-electron chi connectivity index (χ0n) is 30.4. The molecule has 1 saturated heterocycles. The summed E-state index contributed by atoms with van der Waals surface area (Å²) in [6.07, 6.45) is 1.17. The molecule has 0 saturated carbocycles. The SMILES string of the molecule is Nc1ccccc1NC(=O)CCCCC(=O)NCc1cccc(-c2cccc([C@H]3O[C@@H](CSc4ccccc4C(=O)O)C[C@@H](c4ccc(CO)cc4)O3)c2)c1. The summed E-state index contributed by atoms with van der Waals surface area (Å²) in [6.45, 7) is 0.324. The Labute approximate surface area is 325 Å². The number of carbonyl (C=O) groups is 3. The van der Waals surface area contributed by atoms with Crippen LogP contribution in [0.4, 0.5) is 11.4 Å². The fourth-order valence-corrected chi connectivity index (χ4v) is 7.45. The summed E-state index contributed by atoms with van der Waals surface area (Å²) in [5, 5.41) is 25.1. The molecule has 5 aromatic carbocycles. The number of unbranched alkanes of at least 4 members (excludes halogenated alkanes) is 1. The molecule has 0 aliphatic carbocycles. The molecule has 1 aliphatic rings. The normalized spacial score (nSPS) is 16.6. The number of nitrogens with two attached hydrogens (primary N) is 1. The summed E-state index contributed by atoms with van der Waals surface area (Å²) >= 11 is 1.45. The molecule has 3 atom stereocenters. The second-order valence-electron chi connectivity index (χ2n) is 13.4. The molecule has 55 heavy (non-hydrogen) atoms. The van der Waals surface area contributed by atoms with Crippen molar-refractivity contribution in [1.82, 2.24) is 5.32 Å². The van der Waals surface area contributed by atoms with Gasteiger partial charge in [-0.2, -0.15) is 0 Å². The minimum absolute atomic E-state index is 0.0475. The number of carboxylic acid groups (broad SMARTS) is 1. The smallest absolute Gasteiger partial charge is 0.336 e. The molecule has 11 heteroatoms. The molecule has 5 aromatic rings. The zero-order chi connectivity index (χ0) is 38.6. The van der Waals surface area contributed by atoms with E-state index in [4.69, 9.17) is 15.2 Å². The Kier molecular flexibility index (Phi) is 13.7. The summed E-state index contributed by atoms with van der Waals surface area (Å²) < 4.78 is 13.1. The van der Waals surface area contributed by atoms with E-state index in [0.717, 1.165) is 33.4 Å². The number of amides is 2. The first kappa shape index (κ1) is 39.2. The molecule has 0 radical (unpaired) electrons. The van der Waals surface area contributed by atoms with Gasteiger partial charge < -0.3 is 36.1 Å². The van der Waals surface area contributed by atoms with Crippen LogP contribution in [-0.2, 0) is 32.2 Å². The summed E-state index contributed by atoms with van der Waals surface area (Å²) in [5.41, 5.74) is 12.8. The number of carbonyl (C=O) groups excluding carboxylic acids is 2. The van der Waals surface area contributed by atoms with Gasteiger partial charge in [0, 0.05) is 42.0 Å². The van der Waals surface area contributed by atoms with Crippen molar-refractivity contribution in [3.63, 3.8) is 0 Å². The molecule has 1 aliphatic heterocycles. The molecule has 0 unspecified atom stereocenters. The standard InChI is InChI=1S/C44H45N3O7S/c45-37-14-2-3-15-38(37)47-42(50)18-6-5-17-41(49)46-26-30-9-7-10-32(23-30)33-11-8-12-34(24-33)44-53-35(28-55-40-16-4-1-13-36(40)43(51)52)25-39(54-44)31-21-19-29(27-48)20-22-31/h1-4,7-16,19-24,35,39,44,48H,5-6,17-18,25-28,45H2,(H,46,49)(H,47,50)(H,51,52)/t35-,39+,44+/m1/s1. The molecule has 0 bridgehead atoms. The third kappa shape index (κ3) is 11.1. The number of aliphatic hydroxyl groups is 1. The Morgan fingerprint density at radius 2 is 1.45 bits per heavy atom. The van der Waals surface area contributed by atoms with E-state index in [9.17, 15) is 24.6 Å². The van der Waals surface area contributed by atoms with E-state index < -0.39 is 12.3 Å². The van der Waals surface area contributed by atoms with Crippen LogP contribution in [0.15, 0.2) is 126 Å². The lowest BCUT2D eigenvalue weighted by molar-refractivity contribution is -0.245. The molecule has 1 heterocycles. The van der Waals surface area contributed by atoms with Gasteiger partial charge in [0.15, 0.2) is 6.29 Å². The van der Waals surface area contributed by atoms with Crippen molar-refractivity contribution in [3.8, 4) is 11.1 Å². The molecular formula is C44H45N3O7S. The average Bonchev–Trinajstić information content (AvgIpc) is 3.22. The average molecular weight is 760 g/mol. The van der Waals surface area contributed by atoms with Crippen LogP contribution in [-0.4, -0.2) is 39.9 Å². The van der Waals surface area contributed by atoms with Crippen LogP contribution in [0.1, 0.15) is 77.1 Å². The Morgan fingerprint density at radius 1 is 0.745 bits per heavy atom. The highest BCUT2D eigenvalue weighted by Gasteiger charge is 2.32. The fourth-order valence-electron chi connectivity index (χ4n) is 6.38. The van der Waals surface area contributed by atoms with Gasteiger partial charge in [-0.3, -0.25) is 9.59 Å². The minimum Gasteiger partial charge on any atom is -0.478 e. The molecule has 1 fully saturated rings. The Morgan fingerprint density at radius 3 is 2.22 bits per heavy atom. The molecule has 0 spiro atoms. The van der Waals surface area contributed by atoms with E-state index >= 15 is 0 Å². The number of ether oxygens (including phenoxy) is 2. The number of hydrogen-bond donors (Lipinski definition) is 5. The van der Waals surface area contributed by atoms with Crippen LogP contribution in [0.2, 0.25) is 0 Å². The van der Waals surface area contributed by atoms with Crippen molar-refractivity contribution >= 4 is 40.9 Å². The van der Waals surface area contributed by atoms with Crippen LogP contribution in [0.3, 0.4) is 0 Å². The maximum absolute atomic E-state index is 12.6. The Hall–Kier alpha value is -5.46. The number of rotatable bonds is 16. The third-order valence-corrected chi connectivity index (χ3v) is 10.6. The van der Waals surface area contributed by atoms with Gasteiger partial charge in [-0.15, -0.1) is 11.8 Å². The van der Waals surface area contributed by atoms with Gasteiger partial charge in [0.2, 0.25) is 11.8 Å². The Bertz CT molecular complexity index is 2090. The van der Waals surface area contributed by atoms with E-state index in [-0.39, 0.29) is 36.2 Å². The largest absolute Gasteiger partial charge is 0.478 e. The number of hydrogen-bond acceptors (Lipinski definition) is 8. The molecule has 6 rings (SSSR count). The maximum Gasteiger partial charge on any atom is 0.336 e. The first-order valence-corrected chi connectivity index (χ1v) is 19.3. The van der Waals surface area contributed by atoms with Crippen molar-refractivity contribution in [2.75, 3.05) is 16.8 Å². The van der Waals surface area contributed by atoms with Gasteiger partial charge in [0.05, 0.1) is 35.8 Å². The molecule has 0 aromatic heterocycles. The third-order valence-electron chi connectivity index (χ3n) is 9.36. The number of nitrogens with one attached hydrogen (secondary N) is 2. The number of anilines is 2. The van der Waals surface area contributed by atoms with Gasteiger partial charge in [-0.1, -0.05) is 84.9 Å².